The van der Waals surface area contributed by atoms with E-state index in [1.54, 1.807) is 48.5 Å². The maximum absolute atomic E-state index is 12.3. The first-order valence-corrected chi connectivity index (χ1v) is 8.90. The lowest BCUT2D eigenvalue weighted by molar-refractivity contribution is 0.0949. The molecule has 2 amide bonds. The van der Waals surface area contributed by atoms with Crippen LogP contribution in [0.3, 0.4) is 0 Å². The number of anilines is 1. The van der Waals surface area contributed by atoms with E-state index in [9.17, 15) is 9.59 Å². The number of carbonyl (C=O) groups excluding carboxylic acids is 2. The summed E-state index contributed by atoms with van der Waals surface area (Å²) in [6, 6.07) is 21.4. The Morgan fingerprint density at radius 1 is 0.852 bits per heavy atom. The van der Waals surface area contributed by atoms with Crippen molar-refractivity contribution < 1.29 is 9.59 Å². The van der Waals surface area contributed by atoms with Crippen molar-refractivity contribution in [3.05, 3.63) is 100 Å². The summed E-state index contributed by atoms with van der Waals surface area (Å²) >= 11 is 5.92. The van der Waals surface area contributed by atoms with Crippen molar-refractivity contribution in [2.24, 2.45) is 0 Å². The van der Waals surface area contributed by atoms with Gasteiger partial charge in [-0.3, -0.25) is 9.59 Å². The van der Waals surface area contributed by atoms with Gasteiger partial charge in [-0.15, -0.1) is 0 Å². The third kappa shape index (κ3) is 5.19. The van der Waals surface area contributed by atoms with Crippen LogP contribution in [-0.4, -0.2) is 11.8 Å². The number of benzene rings is 3. The fourth-order valence-electron chi connectivity index (χ4n) is 2.53. The summed E-state index contributed by atoms with van der Waals surface area (Å²) in [4.78, 5) is 24.6. The minimum absolute atomic E-state index is 0.183. The van der Waals surface area contributed by atoms with Gasteiger partial charge in [-0.05, 0) is 55.0 Å². The molecule has 2 N–H and O–H groups in total. The molecule has 3 aromatic rings. The van der Waals surface area contributed by atoms with Crippen LogP contribution in [0.4, 0.5) is 5.69 Å². The second-order valence-corrected chi connectivity index (χ2v) is 6.65. The van der Waals surface area contributed by atoms with Gasteiger partial charge >= 0.3 is 0 Å². The van der Waals surface area contributed by atoms with Gasteiger partial charge in [-0.1, -0.05) is 47.5 Å². The van der Waals surface area contributed by atoms with Crippen LogP contribution in [-0.2, 0) is 6.54 Å². The minimum atomic E-state index is -0.260. The molecular weight excluding hydrogens is 360 g/mol. The van der Waals surface area contributed by atoms with Crippen LogP contribution in [0.25, 0.3) is 0 Å². The van der Waals surface area contributed by atoms with E-state index >= 15 is 0 Å². The molecule has 0 saturated carbocycles. The van der Waals surface area contributed by atoms with Gasteiger partial charge in [0.05, 0.1) is 0 Å². The zero-order valence-electron chi connectivity index (χ0n) is 14.8. The van der Waals surface area contributed by atoms with E-state index in [0.29, 0.717) is 28.4 Å². The summed E-state index contributed by atoms with van der Waals surface area (Å²) in [6.07, 6.45) is 0. The van der Waals surface area contributed by atoms with Crippen molar-refractivity contribution in [3.8, 4) is 0 Å². The van der Waals surface area contributed by atoms with Gasteiger partial charge in [-0.25, -0.2) is 0 Å². The second-order valence-electron chi connectivity index (χ2n) is 6.21. The fourth-order valence-corrected chi connectivity index (χ4v) is 2.72. The van der Waals surface area contributed by atoms with Crippen LogP contribution in [0.5, 0.6) is 0 Å². The van der Waals surface area contributed by atoms with Crippen LogP contribution in [0.1, 0.15) is 31.8 Å². The van der Waals surface area contributed by atoms with Gasteiger partial charge in [0.1, 0.15) is 0 Å². The Morgan fingerprint density at radius 2 is 1.48 bits per heavy atom. The quantitative estimate of drug-likeness (QED) is 0.668. The molecule has 5 heteroatoms. The molecule has 0 saturated heterocycles. The monoisotopic (exact) mass is 378 g/mol. The largest absolute Gasteiger partial charge is 0.348 e. The zero-order valence-corrected chi connectivity index (χ0v) is 15.6. The number of hydrogen-bond donors (Lipinski definition) is 2. The number of carbonyl (C=O) groups is 2. The number of halogens is 1. The van der Waals surface area contributed by atoms with E-state index in [1.807, 2.05) is 31.2 Å². The van der Waals surface area contributed by atoms with Crippen molar-refractivity contribution in [1.29, 1.82) is 0 Å². The molecule has 0 aliphatic carbocycles. The minimum Gasteiger partial charge on any atom is -0.348 e. The molecule has 0 aliphatic heterocycles. The van der Waals surface area contributed by atoms with E-state index in [2.05, 4.69) is 10.6 Å². The Morgan fingerprint density at radius 3 is 2.11 bits per heavy atom. The molecule has 0 heterocycles. The number of amides is 2. The molecule has 27 heavy (non-hydrogen) atoms. The summed E-state index contributed by atoms with van der Waals surface area (Å²) in [5.74, 6) is -0.443. The van der Waals surface area contributed by atoms with Crippen LogP contribution < -0.4 is 10.6 Å². The molecular formula is C22H19ClN2O2. The summed E-state index contributed by atoms with van der Waals surface area (Å²) < 4.78 is 0. The first-order valence-electron chi connectivity index (χ1n) is 8.52. The van der Waals surface area contributed by atoms with Crippen LogP contribution in [0.2, 0.25) is 5.02 Å². The fraction of sp³-hybridized carbons (Fsp3) is 0.0909. The third-order valence-electron chi connectivity index (χ3n) is 4.07. The van der Waals surface area contributed by atoms with Gasteiger partial charge in [0.2, 0.25) is 0 Å². The zero-order chi connectivity index (χ0) is 19.2. The smallest absolute Gasteiger partial charge is 0.255 e. The van der Waals surface area contributed by atoms with E-state index in [1.165, 1.54) is 5.56 Å². The predicted octanol–water partition coefficient (Wildman–Crippen LogP) is 4.83. The molecule has 0 spiro atoms. The molecule has 0 fully saturated rings. The summed E-state index contributed by atoms with van der Waals surface area (Å²) in [5.41, 5.74) is 3.79. The highest BCUT2D eigenvalue weighted by Gasteiger charge is 2.09. The molecule has 3 rings (SSSR count). The summed E-state index contributed by atoms with van der Waals surface area (Å²) in [7, 11) is 0. The number of nitrogens with one attached hydrogen (secondary N) is 2. The van der Waals surface area contributed by atoms with E-state index in [4.69, 9.17) is 11.6 Å². The topological polar surface area (TPSA) is 58.2 Å². The lowest BCUT2D eigenvalue weighted by atomic mass is 10.1. The highest BCUT2D eigenvalue weighted by Crippen LogP contribution is 2.16. The normalized spacial score (nSPS) is 10.3. The average Bonchev–Trinajstić information content (AvgIpc) is 2.67. The van der Waals surface area contributed by atoms with Gasteiger partial charge < -0.3 is 10.6 Å². The van der Waals surface area contributed by atoms with Gasteiger partial charge in [0, 0.05) is 28.4 Å². The first kappa shape index (κ1) is 18.7. The lowest BCUT2D eigenvalue weighted by Crippen LogP contribution is -2.23. The predicted molar refractivity (Wildman–Crippen MR) is 108 cm³/mol. The highest BCUT2D eigenvalue weighted by molar-refractivity contribution is 6.31. The average molecular weight is 379 g/mol. The van der Waals surface area contributed by atoms with Crippen LogP contribution in [0.15, 0.2) is 72.8 Å². The Bertz CT molecular complexity index is 951. The van der Waals surface area contributed by atoms with Crippen molar-refractivity contribution in [1.82, 2.24) is 5.32 Å². The number of aryl methyl sites for hydroxylation is 1. The van der Waals surface area contributed by atoms with E-state index in [-0.39, 0.29) is 11.8 Å². The SMILES string of the molecule is Cc1ccc(CNC(=O)c2ccc(C(=O)Nc3cccc(Cl)c3)cc2)cc1. The van der Waals surface area contributed by atoms with Crippen LogP contribution in [0, 0.1) is 6.92 Å². The standard InChI is InChI=1S/C22H19ClN2O2/c1-15-5-7-16(8-6-15)14-24-21(26)17-9-11-18(12-10-17)22(27)25-20-4-2-3-19(23)13-20/h2-13H,14H2,1H3,(H,24,26)(H,25,27). The molecule has 3 aromatic carbocycles. The molecule has 0 atom stereocenters. The van der Waals surface area contributed by atoms with Gasteiger partial charge in [0.15, 0.2) is 0 Å². The molecule has 136 valence electrons. The van der Waals surface area contributed by atoms with Crippen molar-refractivity contribution in [3.63, 3.8) is 0 Å². The van der Waals surface area contributed by atoms with Crippen molar-refractivity contribution in [2.75, 3.05) is 5.32 Å². The Balaban J connectivity index is 1.59. The molecule has 0 bridgehead atoms. The molecule has 4 nitrogen and oxygen atoms in total. The summed E-state index contributed by atoms with van der Waals surface area (Å²) in [6.45, 7) is 2.47. The Hall–Kier alpha value is -3.11. The second kappa shape index (κ2) is 8.52. The van der Waals surface area contributed by atoms with Crippen LogP contribution >= 0.6 is 11.6 Å². The first-order chi connectivity index (χ1) is 13.0. The van der Waals surface area contributed by atoms with Crippen molar-refractivity contribution in [2.45, 2.75) is 13.5 Å². The Labute approximate surface area is 163 Å². The van der Waals surface area contributed by atoms with Gasteiger partial charge in [-0.2, -0.15) is 0 Å². The number of hydrogen-bond acceptors (Lipinski definition) is 2. The van der Waals surface area contributed by atoms with E-state index in [0.717, 1.165) is 5.56 Å². The maximum atomic E-state index is 12.3. The molecule has 0 unspecified atom stereocenters. The third-order valence-corrected chi connectivity index (χ3v) is 4.30. The highest BCUT2D eigenvalue weighted by atomic mass is 35.5. The van der Waals surface area contributed by atoms with E-state index < -0.39 is 0 Å². The number of rotatable bonds is 5. The molecule has 0 aromatic heterocycles. The summed E-state index contributed by atoms with van der Waals surface area (Å²) in [5, 5.41) is 6.20. The molecule has 0 aliphatic rings. The maximum Gasteiger partial charge on any atom is 0.255 e. The molecule has 0 radical (unpaired) electrons. The van der Waals surface area contributed by atoms with Crippen molar-refractivity contribution >= 4 is 29.1 Å². The lowest BCUT2D eigenvalue weighted by Gasteiger charge is -2.08. The Kier molecular flexibility index (Phi) is 5.89. The van der Waals surface area contributed by atoms with Gasteiger partial charge in [0.25, 0.3) is 11.8 Å².